The first-order chi connectivity index (χ1) is 12.9. The zero-order valence-electron chi connectivity index (χ0n) is 13.8. The van der Waals surface area contributed by atoms with Crippen LogP contribution in [-0.2, 0) is 13.1 Å². The van der Waals surface area contributed by atoms with E-state index in [0.717, 1.165) is 44.9 Å². The predicted molar refractivity (Wildman–Crippen MR) is 98.2 cm³/mol. The highest BCUT2D eigenvalue weighted by Crippen LogP contribution is 2.37. The molecule has 0 fully saturated rings. The minimum absolute atomic E-state index is 0.259. The number of rotatable bonds is 5. The van der Waals surface area contributed by atoms with E-state index in [-0.39, 0.29) is 6.79 Å². The molecule has 130 valence electrons. The Bertz CT molecular complexity index is 1050. The summed E-state index contributed by atoms with van der Waals surface area (Å²) in [4.78, 5) is 4.91. The maximum absolute atomic E-state index is 5.50. The number of nitrogens with one attached hydrogen (secondary N) is 1. The summed E-state index contributed by atoms with van der Waals surface area (Å²) in [5.74, 6) is 1.52. The lowest BCUT2D eigenvalue weighted by atomic mass is 10.0. The Hall–Kier alpha value is -2.90. The van der Waals surface area contributed by atoms with E-state index in [4.69, 9.17) is 19.0 Å². The maximum Gasteiger partial charge on any atom is 0.231 e. The van der Waals surface area contributed by atoms with Gasteiger partial charge in [0.15, 0.2) is 11.5 Å². The Kier molecular flexibility index (Phi) is 3.80. The van der Waals surface area contributed by atoms with E-state index < -0.39 is 0 Å². The highest BCUT2D eigenvalue weighted by atomic mass is 32.1. The van der Waals surface area contributed by atoms with Crippen molar-refractivity contribution in [1.29, 1.82) is 0 Å². The van der Waals surface area contributed by atoms with E-state index in [2.05, 4.69) is 33.4 Å². The lowest BCUT2D eigenvalue weighted by molar-refractivity contribution is 0.174. The molecule has 4 aromatic rings. The zero-order chi connectivity index (χ0) is 17.3. The van der Waals surface area contributed by atoms with E-state index in [1.807, 2.05) is 18.2 Å². The smallest absolute Gasteiger partial charge is 0.231 e. The maximum atomic E-state index is 5.50. The summed E-state index contributed by atoms with van der Waals surface area (Å²) in [6.07, 6.45) is 1.58. The molecule has 0 atom stereocenters. The number of fused-ring (bicyclic) bond motifs is 2. The third-order valence-corrected chi connectivity index (χ3v) is 4.98. The van der Waals surface area contributed by atoms with Crippen LogP contribution in [0.15, 0.2) is 51.9 Å². The van der Waals surface area contributed by atoms with Gasteiger partial charge in [-0.1, -0.05) is 5.16 Å². The number of nitrogens with zero attached hydrogens (tertiary/aromatic N) is 2. The Balaban J connectivity index is 1.53. The minimum Gasteiger partial charge on any atom is -0.454 e. The summed E-state index contributed by atoms with van der Waals surface area (Å²) in [6, 6.07) is 10.0. The van der Waals surface area contributed by atoms with Crippen molar-refractivity contribution >= 4 is 22.2 Å². The molecule has 4 heterocycles. The molecule has 0 bridgehead atoms. The van der Waals surface area contributed by atoms with Gasteiger partial charge in [-0.05, 0) is 29.1 Å². The van der Waals surface area contributed by atoms with Crippen LogP contribution in [0.5, 0.6) is 11.5 Å². The van der Waals surface area contributed by atoms with Gasteiger partial charge < -0.3 is 19.3 Å². The van der Waals surface area contributed by atoms with E-state index in [1.54, 1.807) is 17.6 Å². The van der Waals surface area contributed by atoms with E-state index in [0.29, 0.717) is 13.1 Å². The SMILES string of the molecule is c1cc(CNCc2cc3cc4c(cc3nc2-c2ccsc2)OCO4)no1. The van der Waals surface area contributed by atoms with Crippen molar-refractivity contribution < 1.29 is 14.0 Å². The van der Waals surface area contributed by atoms with Crippen molar-refractivity contribution in [3.05, 3.63) is 58.6 Å². The van der Waals surface area contributed by atoms with Crippen LogP contribution in [-0.4, -0.2) is 16.9 Å². The van der Waals surface area contributed by atoms with Gasteiger partial charge in [-0.2, -0.15) is 11.3 Å². The normalized spacial score (nSPS) is 12.8. The molecule has 1 N–H and O–H groups in total. The second-order valence-corrected chi connectivity index (χ2v) is 6.78. The molecule has 1 aromatic carbocycles. The fourth-order valence-corrected chi connectivity index (χ4v) is 3.69. The van der Waals surface area contributed by atoms with Crippen LogP contribution in [0.4, 0.5) is 0 Å². The minimum atomic E-state index is 0.259. The molecule has 1 aliphatic heterocycles. The van der Waals surface area contributed by atoms with Crippen LogP contribution >= 0.6 is 11.3 Å². The first-order valence-electron chi connectivity index (χ1n) is 8.23. The molecule has 26 heavy (non-hydrogen) atoms. The van der Waals surface area contributed by atoms with Crippen LogP contribution in [0.2, 0.25) is 0 Å². The number of hydrogen-bond donors (Lipinski definition) is 1. The molecule has 0 saturated heterocycles. The molecule has 0 radical (unpaired) electrons. The van der Waals surface area contributed by atoms with Crippen molar-refractivity contribution in [2.75, 3.05) is 6.79 Å². The fraction of sp³-hybridized carbons (Fsp3) is 0.158. The van der Waals surface area contributed by atoms with Gasteiger partial charge >= 0.3 is 0 Å². The molecule has 5 rings (SSSR count). The molecule has 1 aliphatic rings. The number of thiophene rings is 1. The fourth-order valence-electron chi connectivity index (χ4n) is 3.05. The Morgan fingerprint density at radius 1 is 1.08 bits per heavy atom. The zero-order valence-corrected chi connectivity index (χ0v) is 14.6. The third kappa shape index (κ3) is 2.81. The monoisotopic (exact) mass is 365 g/mol. The Morgan fingerprint density at radius 2 is 2.00 bits per heavy atom. The number of hydrogen-bond acceptors (Lipinski definition) is 7. The highest BCUT2D eigenvalue weighted by Gasteiger charge is 2.17. The summed E-state index contributed by atoms with van der Waals surface area (Å²) >= 11 is 1.66. The van der Waals surface area contributed by atoms with Gasteiger partial charge in [0.2, 0.25) is 6.79 Å². The van der Waals surface area contributed by atoms with Gasteiger partial charge in [-0.15, -0.1) is 0 Å². The predicted octanol–water partition coefficient (Wildman–Crippen LogP) is 3.97. The van der Waals surface area contributed by atoms with E-state index in [9.17, 15) is 0 Å². The largest absolute Gasteiger partial charge is 0.454 e. The average molecular weight is 365 g/mol. The van der Waals surface area contributed by atoms with Gasteiger partial charge in [0, 0.05) is 41.6 Å². The molecule has 0 saturated carbocycles. The summed E-state index contributed by atoms with van der Waals surface area (Å²) in [5.41, 5.74) is 4.99. The Morgan fingerprint density at radius 3 is 2.81 bits per heavy atom. The molecule has 0 amide bonds. The van der Waals surface area contributed by atoms with Gasteiger partial charge in [0.05, 0.1) is 16.9 Å². The molecule has 0 aliphatic carbocycles. The molecule has 6 nitrogen and oxygen atoms in total. The van der Waals surface area contributed by atoms with Crippen LogP contribution in [0.1, 0.15) is 11.3 Å². The molecule has 3 aromatic heterocycles. The van der Waals surface area contributed by atoms with Gasteiger partial charge in [-0.25, -0.2) is 4.98 Å². The number of ether oxygens (including phenoxy) is 2. The quantitative estimate of drug-likeness (QED) is 0.577. The molecule has 7 heteroatoms. The number of benzene rings is 1. The number of pyridine rings is 1. The average Bonchev–Trinajstić information content (AvgIpc) is 3.41. The molecule has 0 unspecified atom stereocenters. The summed E-state index contributed by atoms with van der Waals surface area (Å²) < 4.78 is 15.9. The van der Waals surface area contributed by atoms with Crippen LogP contribution in [0.3, 0.4) is 0 Å². The molecular formula is C19H15N3O3S. The van der Waals surface area contributed by atoms with Crippen molar-refractivity contribution in [2.24, 2.45) is 0 Å². The van der Waals surface area contributed by atoms with Crippen molar-refractivity contribution in [2.45, 2.75) is 13.1 Å². The van der Waals surface area contributed by atoms with E-state index >= 15 is 0 Å². The molecular weight excluding hydrogens is 350 g/mol. The lowest BCUT2D eigenvalue weighted by Gasteiger charge is -2.11. The third-order valence-electron chi connectivity index (χ3n) is 4.30. The first-order valence-corrected chi connectivity index (χ1v) is 9.17. The van der Waals surface area contributed by atoms with Crippen molar-refractivity contribution in [3.63, 3.8) is 0 Å². The summed E-state index contributed by atoms with van der Waals surface area (Å²) in [6.45, 7) is 1.57. The van der Waals surface area contributed by atoms with E-state index in [1.165, 1.54) is 0 Å². The van der Waals surface area contributed by atoms with Crippen molar-refractivity contribution in [1.82, 2.24) is 15.5 Å². The Labute approximate surface area is 153 Å². The highest BCUT2D eigenvalue weighted by molar-refractivity contribution is 7.08. The second-order valence-electron chi connectivity index (χ2n) is 6.00. The van der Waals surface area contributed by atoms with Gasteiger partial charge in [-0.3, -0.25) is 0 Å². The summed E-state index contributed by atoms with van der Waals surface area (Å²) in [5, 5.41) is 12.5. The summed E-state index contributed by atoms with van der Waals surface area (Å²) in [7, 11) is 0. The number of aromatic nitrogens is 2. The first kappa shape index (κ1) is 15.4. The molecule has 0 spiro atoms. The second kappa shape index (κ2) is 6.44. The van der Waals surface area contributed by atoms with Crippen LogP contribution in [0, 0.1) is 0 Å². The van der Waals surface area contributed by atoms with Gasteiger partial charge in [0.25, 0.3) is 0 Å². The van der Waals surface area contributed by atoms with Gasteiger partial charge in [0.1, 0.15) is 6.26 Å². The van der Waals surface area contributed by atoms with Crippen LogP contribution in [0.25, 0.3) is 22.2 Å². The lowest BCUT2D eigenvalue weighted by Crippen LogP contribution is -2.14. The van der Waals surface area contributed by atoms with Crippen molar-refractivity contribution in [3.8, 4) is 22.8 Å². The van der Waals surface area contributed by atoms with Crippen LogP contribution < -0.4 is 14.8 Å². The standard InChI is InChI=1S/C19H15N3O3S/c1-3-25-22-15(1)9-20-8-14-5-13-6-17-18(24-11-23-17)7-16(13)21-19(14)12-2-4-26-10-12/h1-7,10,20H,8-9,11H2. The topological polar surface area (TPSA) is 69.4 Å².